The lowest BCUT2D eigenvalue weighted by molar-refractivity contribution is -0.138. The van der Waals surface area contributed by atoms with Gasteiger partial charge in [0.15, 0.2) is 0 Å². The molecule has 0 saturated heterocycles. The van der Waals surface area contributed by atoms with Gasteiger partial charge in [0.2, 0.25) is 0 Å². The normalized spacial score (nSPS) is 10.5. The second-order valence-corrected chi connectivity index (χ2v) is 11.9. The van der Waals surface area contributed by atoms with Crippen molar-refractivity contribution in [3.05, 3.63) is 115 Å². The summed E-state index contributed by atoms with van der Waals surface area (Å²) in [6.07, 6.45) is 12.4. The number of rotatable bonds is 26. The van der Waals surface area contributed by atoms with Crippen molar-refractivity contribution < 1.29 is 47.6 Å². The molecule has 0 spiro atoms. The lowest BCUT2D eigenvalue weighted by Gasteiger charge is -2.09. The highest BCUT2D eigenvalue weighted by Gasteiger charge is 2.11. The number of hydrogen-bond acceptors (Lipinski definition) is 10. The van der Waals surface area contributed by atoms with Gasteiger partial charge in [-0.2, -0.15) is 0 Å². The lowest BCUT2D eigenvalue weighted by atomic mass is 10.1. The second kappa shape index (κ2) is 24.7. The molecule has 0 saturated carbocycles. The predicted molar refractivity (Wildman–Crippen MR) is 198 cm³/mol. The molecule has 0 aliphatic carbocycles. The molecule has 0 atom stereocenters. The summed E-state index contributed by atoms with van der Waals surface area (Å²) in [6, 6.07) is 20.8. The maximum Gasteiger partial charge on any atom is 0.343 e. The van der Waals surface area contributed by atoms with Crippen molar-refractivity contribution in [2.75, 3.05) is 33.0 Å². The average Bonchev–Trinajstić information content (AvgIpc) is 3.17. The summed E-state index contributed by atoms with van der Waals surface area (Å²) in [6.45, 7) is 8.94. The van der Waals surface area contributed by atoms with E-state index in [-0.39, 0.29) is 18.5 Å². The molecule has 3 rings (SSSR count). The number of carbonyl (C=O) groups is 4. The van der Waals surface area contributed by atoms with E-state index >= 15 is 0 Å². The summed E-state index contributed by atoms with van der Waals surface area (Å²) in [5.41, 5.74) is 1.79. The molecule has 278 valence electrons. The fourth-order valence-electron chi connectivity index (χ4n) is 4.92. The molecule has 0 fully saturated rings. The van der Waals surface area contributed by atoms with Crippen LogP contribution in [0.25, 0.3) is 0 Å². The van der Waals surface area contributed by atoms with Crippen LogP contribution >= 0.6 is 0 Å². The standard InChI is InChI=1S/C42H50O10/c1-3-39(43)49-30-13-9-5-7-11-28-47-36-23-17-34(18-24-36)41(45)51-32-27-33-15-21-38(22-16-33)52-42(46)35-19-25-37(26-20-35)48-29-12-8-6-10-14-31-50-40(44)4-2/h3-4,15-26H,1-2,5-14,27-32H2. The van der Waals surface area contributed by atoms with Crippen molar-refractivity contribution in [2.24, 2.45) is 0 Å². The Labute approximate surface area is 306 Å². The first-order valence-electron chi connectivity index (χ1n) is 17.9. The minimum absolute atomic E-state index is 0.205. The van der Waals surface area contributed by atoms with Gasteiger partial charge in [-0.3, -0.25) is 0 Å². The van der Waals surface area contributed by atoms with E-state index in [4.69, 9.17) is 28.4 Å². The number of esters is 4. The number of unbranched alkanes of at least 4 members (excludes halogenated alkanes) is 8. The lowest BCUT2D eigenvalue weighted by Crippen LogP contribution is -2.09. The van der Waals surface area contributed by atoms with Crippen LogP contribution in [0.2, 0.25) is 0 Å². The minimum atomic E-state index is -0.471. The summed E-state index contributed by atoms with van der Waals surface area (Å²) < 4.78 is 32.4. The van der Waals surface area contributed by atoms with Crippen molar-refractivity contribution in [3.8, 4) is 17.2 Å². The first kappa shape index (κ1) is 41.0. The Bertz CT molecular complexity index is 1530. The fraction of sp³-hybridized carbons (Fsp3) is 0.381. The number of hydrogen-bond donors (Lipinski definition) is 0. The van der Waals surface area contributed by atoms with E-state index in [0.29, 0.717) is 61.2 Å². The van der Waals surface area contributed by atoms with Crippen LogP contribution in [0.4, 0.5) is 0 Å². The molecule has 10 nitrogen and oxygen atoms in total. The van der Waals surface area contributed by atoms with Gasteiger partial charge in [-0.15, -0.1) is 0 Å². The van der Waals surface area contributed by atoms with Crippen molar-refractivity contribution in [1.29, 1.82) is 0 Å². The minimum Gasteiger partial charge on any atom is -0.494 e. The van der Waals surface area contributed by atoms with E-state index in [1.807, 2.05) is 12.1 Å². The van der Waals surface area contributed by atoms with E-state index in [2.05, 4.69) is 13.2 Å². The van der Waals surface area contributed by atoms with Gasteiger partial charge in [0.25, 0.3) is 0 Å². The van der Waals surface area contributed by atoms with E-state index in [0.717, 1.165) is 69.8 Å². The highest BCUT2D eigenvalue weighted by molar-refractivity contribution is 5.91. The molecule has 0 heterocycles. The molecule has 0 bridgehead atoms. The third-order valence-corrected chi connectivity index (χ3v) is 7.87. The van der Waals surface area contributed by atoms with Gasteiger partial charge in [0, 0.05) is 18.6 Å². The molecule has 0 radical (unpaired) electrons. The first-order valence-corrected chi connectivity index (χ1v) is 17.9. The van der Waals surface area contributed by atoms with Gasteiger partial charge < -0.3 is 28.4 Å². The van der Waals surface area contributed by atoms with Crippen molar-refractivity contribution in [2.45, 2.75) is 70.6 Å². The number of benzene rings is 3. The smallest absolute Gasteiger partial charge is 0.343 e. The molecule has 10 heteroatoms. The summed E-state index contributed by atoms with van der Waals surface area (Å²) in [7, 11) is 0. The van der Waals surface area contributed by atoms with Crippen molar-refractivity contribution >= 4 is 23.9 Å². The Morgan fingerprint density at radius 2 is 0.846 bits per heavy atom. The summed E-state index contributed by atoms with van der Waals surface area (Å²) >= 11 is 0. The zero-order valence-electron chi connectivity index (χ0n) is 29.9. The Hall–Kier alpha value is -5.38. The van der Waals surface area contributed by atoms with Crippen LogP contribution in [0.3, 0.4) is 0 Å². The molecular weight excluding hydrogens is 664 g/mol. The molecule has 0 aromatic heterocycles. The van der Waals surface area contributed by atoms with Gasteiger partial charge in [0.1, 0.15) is 17.2 Å². The maximum absolute atomic E-state index is 12.6. The van der Waals surface area contributed by atoms with E-state index < -0.39 is 11.9 Å². The summed E-state index contributed by atoms with van der Waals surface area (Å²) in [5, 5.41) is 0. The highest BCUT2D eigenvalue weighted by Crippen LogP contribution is 2.19. The van der Waals surface area contributed by atoms with Crippen LogP contribution in [0.5, 0.6) is 17.2 Å². The van der Waals surface area contributed by atoms with Gasteiger partial charge in [-0.1, -0.05) is 63.8 Å². The Morgan fingerprint density at radius 1 is 0.442 bits per heavy atom. The number of ether oxygens (including phenoxy) is 6. The van der Waals surface area contributed by atoms with E-state index in [9.17, 15) is 19.2 Å². The average molecular weight is 715 g/mol. The van der Waals surface area contributed by atoms with E-state index in [1.165, 1.54) is 12.2 Å². The first-order chi connectivity index (χ1) is 25.4. The van der Waals surface area contributed by atoms with Gasteiger partial charge >= 0.3 is 23.9 Å². The van der Waals surface area contributed by atoms with Crippen molar-refractivity contribution in [1.82, 2.24) is 0 Å². The molecule has 0 aliphatic heterocycles. The summed E-state index contributed by atoms with van der Waals surface area (Å²) in [4.78, 5) is 47.2. The molecular formula is C42H50O10. The Kier molecular flexibility index (Phi) is 19.5. The molecule has 3 aromatic rings. The quantitative estimate of drug-likeness (QED) is 0.0263. The fourth-order valence-corrected chi connectivity index (χ4v) is 4.92. The molecule has 0 amide bonds. The molecule has 0 N–H and O–H groups in total. The summed E-state index contributed by atoms with van der Waals surface area (Å²) in [5.74, 6) is 0.130. The van der Waals surface area contributed by atoms with E-state index in [1.54, 1.807) is 60.7 Å². The zero-order chi connectivity index (χ0) is 37.2. The molecule has 0 unspecified atom stereocenters. The largest absolute Gasteiger partial charge is 0.494 e. The second-order valence-electron chi connectivity index (χ2n) is 11.9. The topological polar surface area (TPSA) is 124 Å². The van der Waals surface area contributed by atoms with Crippen LogP contribution in [-0.2, 0) is 30.2 Å². The van der Waals surface area contributed by atoms with Gasteiger partial charge in [0.05, 0.1) is 44.2 Å². The van der Waals surface area contributed by atoms with Crippen LogP contribution in [0.15, 0.2) is 98.1 Å². The van der Waals surface area contributed by atoms with Crippen molar-refractivity contribution in [3.63, 3.8) is 0 Å². The molecule has 0 aliphatic rings. The third-order valence-electron chi connectivity index (χ3n) is 7.87. The van der Waals surface area contributed by atoms with Crippen LogP contribution in [-0.4, -0.2) is 56.9 Å². The van der Waals surface area contributed by atoms with Crippen LogP contribution in [0, 0.1) is 0 Å². The number of carbonyl (C=O) groups excluding carboxylic acids is 4. The Balaban J connectivity index is 1.25. The molecule has 52 heavy (non-hydrogen) atoms. The maximum atomic E-state index is 12.6. The van der Waals surface area contributed by atoms with Gasteiger partial charge in [-0.05, 0) is 91.9 Å². The SMILES string of the molecule is C=CC(=O)OCCCCCCCOc1ccc(C(=O)OCCc2ccc(OC(=O)c3ccc(OCCCCCCCOC(=O)C=C)cc3)cc2)cc1. The monoisotopic (exact) mass is 714 g/mol. The Morgan fingerprint density at radius 3 is 1.31 bits per heavy atom. The van der Waals surface area contributed by atoms with Gasteiger partial charge in [-0.25, -0.2) is 19.2 Å². The zero-order valence-corrected chi connectivity index (χ0v) is 29.9. The predicted octanol–water partition coefficient (Wildman–Crippen LogP) is 8.42. The van der Waals surface area contributed by atoms with Crippen LogP contribution in [0.1, 0.15) is 90.5 Å². The van der Waals surface area contributed by atoms with Crippen LogP contribution < -0.4 is 14.2 Å². The highest BCUT2D eigenvalue weighted by atomic mass is 16.5. The molecule has 3 aromatic carbocycles. The third kappa shape index (κ3) is 17.0.